The third-order valence-electron chi connectivity index (χ3n) is 1.87. The second-order valence-electron chi connectivity index (χ2n) is 2.66. The molecule has 5 heteroatoms. The topological polar surface area (TPSA) is 61.0 Å². The van der Waals surface area contributed by atoms with Crippen molar-refractivity contribution in [2.45, 2.75) is 0 Å². The first kappa shape index (κ1) is 7.30. The Bertz CT molecular complexity index is 269. The minimum atomic E-state index is 0.0884. The first-order valence-corrected chi connectivity index (χ1v) is 3.88. The van der Waals surface area contributed by atoms with Gasteiger partial charge in [0, 0.05) is 19.2 Å². The quantitative estimate of drug-likeness (QED) is 0.582. The van der Waals surface area contributed by atoms with Crippen LogP contribution in [-0.4, -0.2) is 35.7 Å². The highest BCUT2D eigenvalue weighted by atomic mass is 16.2. The molecule has 1 aromatic rings. The maximum absolute atomic E-state index is 11.3. The molecule has 0 saturated carbocycles. The number of aromatic nitrogens is 2. The summed E-state index contributed by atoms with van der Waals surface area (Å²) in [5.74, 6) is 0.868. The Labute approximate surface area is 69.8 Å². The number of amides is 1. The maximum atomic E-state index is 11.3. The van der Waals surface area contributed by atoms with Gasteiger partial charge < -0.3 is 5.32 Å². The third kappa shape index (κ3) is 1.18. The number of nitrogens with zero attached hydrogens (tertiary/aromatic N) is 2. The molecule has 2 N–H and O–H groups in total. The molecule has 1 aliphatic heterocycles. The molecule has 64 valence electrons. The van der Waals surface area contributed by atoms with Crippen LogP contribution in [0.4, 0.5) is 5.82 Å². The van der Waals surface area contributed by atoms with Crippen LogP contribution < -0.4 is 10.2 Å². The summed E-state index contributed by atoms with van der Waals surface area (Å²) in [6, 6.07) is 1.79. The van der Waals surface area contributed by atoms with E-state index in [1.807, 2.05) is 0 Å². The minimum absolute atomic E-state index is 0.0884. The summed E-state index contributed by atoms with van der Waals surface area (Å²) in [7, 11) is 0. The zero-order chi connectivity index (χ0) is 8.39. The number of carbonyl (C=O) groups excluding carboxylic acids is 1. The fraction of sp³-hybridized carbons (Fsp3) is 0.429. The summed E-state index contributed by atoms with van der Waals surface area (Å²) in [5, 5.41) is 9.56. The van der Waals surface area contributed by atoms with Gasteiger partial charge in [-0.1, -0.05) is 0 Å². The van der Waals surface area contributed by atoms with Gasteiger partial charge in [0.05, 0.1) is 12.7 Å². The number of aromatic amines is 1. The Morgan fingerprint density at radius 2 is 2.50 bits per heavy atom. The molecule has 0 bridgehead atoms. The fourth-order valence-electron chi connectivity index (χ4n) is 1.26. The zero-order valence-corrected chi connectivity index (χ0v) is 6.58. The Morgan fingerprint density at radius 3 is 3.17 bits per heavy atom. The molecule has 1 aliphatic rings. The van der Waals surface area contributed by atoms with Crippen molar-refractivity contribution in [1.29, 1.82) is 0 Å². The Kier molecular flexibility index (Phi) is 1.79. The Balaban J connectivity index is 2.17. The number of anilines is 1. The molecule has 1 saturated heterocycles. The van der Waals surface area contributed by atoms with Gasteiger partial charge in [0.25, 0.3) is 0 Å². The van der Waals surface area contributed by atoms with Crippen LogP contribution in [0.5, 0.6) is 0 Å². The van der Waals surface area contributed by atoms with Crippen LogP contribution in [0.15, 0.2) is 12.3 Å². The molecule has 0 unspecified atom stereocenters. The minimum Gasteiger partial charge on any atom is -0.307 e. The molecule has 5 nitrogen and oxygen atoms in total. The van der Waals surface area contributed by atoms with Crippen molar-refractivity contribution in [2.75, 3.05) is 24.5 Å². The van der Waals surface area contributed by atoms with Crippen molar-refractivity contribution < 1.29 is 4.79 Å². The summed E-state index contributed by atoms with van der Waals surface area (Å²) in [6.45, 7) is 1.96. The molecule has 12 heavy (non-hydrogen) atoms. The van der Waals surface area contributed by atoms with Gasteiger partial charge >= 0.3 is 0 Å². The fourth-order valence-corrected chi connectivity index (χ4v) is 1.26. The number of piperazine rings is 1. The SMILES string of the molecule is O=C1CNCCN1c1ccn[nH]1. The molecular weight excluding hydrogens is 156 g/mol. The highest BCUT2D eigenvalue weighted by molar-refractivity contribution is 5.94. The standard InChI is InChI=1S/C7H10N4O/c12-7-5-8-3-4-11(7)6-1-2-9-10-6/h1-2,8H,3-5H2,(H,9,10). The Hall–Kier alpha value is -1.36. The summed E-state index contributed by atoms with van der Waals surface area (Å²) >= 11 is 0. The van der Waals surface area contributed by atoms with E-state index in [1.165, 1.54) is 0 Å². The highest BCUT2D eigenvalue weighted by Crippen LogP contribution is 2.09. The van der Waals surface area contributed by atoms with Crippen molar-refractivity contribution in [2.24, 2.45) is 0 Å². The molecule has 2 heterocycles. The maximum Gasteiger partial charge on any atom is 0.242 e. The van der Waals surface area contributed by atoms with Crippen LogP contribution in [0.3, 0.4) is 0 Å². The average Bonchev–Trinajstić information content (AvgIpc) is 2.57. The molecular formula is C7H10N4O. The van der Waals surface area contributed by atoms with Crippen molar-refractivity contribution in [3.8, 4) is 0 Å². The second kappa shape index (κ2) is 2.94. The third-order valence-corrected chi connectivity index (χ3v) is 1.87. The van der Waals surface area contributed by atoms with Crippen LogP contribution in [0.2, 0.25) is 0 Å². The van der Waals surface area contributed by atoms with E-state index in [0.717, 1.165) is 12.4 Å². The monoisotopic (exact) mass is 166 g/mol. The van der Waals surface area contributed by atoms with E-state index >= 15 is 0 Å². The lowest BCUT2D eigenvalue weighted by atomic mass is 10.3. The van der Waals surface area contributed by atoms with Crippen molar-refractivity contribution in [3.05, 3.63) is 12.3 Å². The molecule has 0 aliphatic carbocycles. The lowest BCUT2D eigenvalue weighted by molar-refractivity contribution is -0.118. The Morgan fingerprint density at radius 1 is 1.58 bits per heavy atom. The molecule has 1 amide bonds. The van der Waals surface area contributed by atoms with Crippen molar-refractivity contribution >= 4 is 11.7 Å². The zero-order valence-electron chi connectivity index (χ0n) is 6.58. The van der Waals surface area contributed by atoms with Crippen LogP contribution in [0.25, 0.3) is 0 Å². The summed E-state index contributed by atoms with van der Waals surface area (Å²) in [5.41, 5.74) is 0. The predicted octanol–water partition coefficient (Wildman–Crippen LogP) is -0.654. The van der Waals surface area contributed by atoms with Gasteiger partial charge in [0.1, 0.15) is 5.82 Å². The average molecular weight is 166 g/mol. The number of hydrogen-bond acceptors (Lipinski definition) is 3. The lowest BCUT2D eigenvalue weighted by Crippen LogP contribution is -2.48. The number of carbonyl (C=O) groups is 1. The van der Waals surface area contributed by atoms with Crippen LogP contribution in [-0.2, 0) is 4.79 Å². The molecule has 0 radical (unpaired) electrons. The largest absolute Gasteiger partial charge is 0.307 e. The molecule has 1 aromatic heterocycles. The van der Waals surface area contributed by atoms with Gasteiger partial charge in [-0.25, -0.2) is 0 Å². The number of nitrogens with one attached hydrogen (secondary N) is 2. The van der Waals surface area contributed by atoms with E-state index in [2.05, 4.69) is 15.5 Å². The molecule has 1 fully saturated rings. The molecule has 0 atom stereocenters. The van der Waals surface area contributed by atoms with Gasteiger partial charge in [-0.3, -0.25) is 14.8 Å². The highest BCUT2D eigenvalue weighted by Gasteiger charge is 2.19. The van der Waals surface area contributed by atoms with Crippen LogP contribution in [0.1, 0.15) is 0 Å². The number of hydrogen-bond donors (Lipinski definition) is 2. The summed E-state index contributed by atoms with van der Waals surface area (Å²) in [4.78, 5) is 13.0. The van der Waals surface area contributed by atoms with Gasteiger partial charge in [-0.15, -0.1) is 0 Å². The smallest absolute Gasteiger partial charge is 0.242 e. The first-order chi connectivity index (χ1) is 5.88. The van der Waals surface area contributed by atoms with E-state index < -0.39 is 0 Å². The number of rotatable bonds is 1. The van der Waals surface area contributed by atoms with E-state index in [9.17, 15) is 4.79 Å². The lowest BCUT2D eigenvalue weighted by Gasteiger charge is -2.25. The molecule has 0 aromatic carbocycles. The molecule has 2 rings (SSSR count). The van der Waals surface area contributed by atoms with Gasteiger partial charge in [0.15, 0.2) is 0 Å². The van der Waals surface area contributed by atoms with Gasteiger partial charge in [0.2, 0.25) is 5.91 Å². The van der Waals surface area contributed by atoms with E-state index in [-0.39, 0.29) is 5.91 Å². The van der Waals surface area contributed by atoms with E-state index in [4.69, 9.17) is 0 Å². The summed E-state index contributed by atoms with van der Waals surface area (Å²) < 4.78 is 0. The summed E-state index contributed by atoms with van der Waals surface area (Å²) in [6.07, 6.45) is 1.64. The van der Waals surface area contributed by atoms with E-state index in [1.54, 1.807) is 17.2 Å². The predicted molar refractivity (Wildman–Crippen MR) is 43.8 cm³/mol. The van der Waals surface area contributed by atoms with Gasteiger partial charge in [-0.05, 0) is 0 Å². The normalized spacial score (nSPS) is 18.3. The van der Waals surface area contributed by atoms with E-state index in [0.29, 0.717) is 13.1 Å². The van der Waals surface area contributed by atoms with Crippen molar-refractivity contribution in [1.82, 2.24) is 15.5 Å². The van der Waals surface area contributed by atoms with Crippen molar-refractivity contribution in [3.63, 3.8) is 0 Å². The van der Waals surface area contributed by atoms with Crippen LogP contribution >= 0.6 is 0 Å². The first-order valence-electron chi connectivity index (χ1n) is 3.88. The van der Waals surface area contributed by atoms with Gasteiger partial charge in [-0.2, -0.15) is 5.10 Å². The second-order valence-corrected chi connectivity index (χ2v) is 2.66. The molecule has 0 spiro atoms. The number of H-pyrrole nitrogens is 1. The van der Waals surface area contributed by atoms with Crippen LogP contribution in [0, 0.1) is 0 Å².